The fourth-order valence-corrected chi connectivity index (χ4v) is 3.26. The highest BCUT2D eigenvalue weighted by Gasteiger charge is 2.32. The summed E-state index contributed by atoms with van der Waals surface area (Å²) in [6.07, 6.45) is 1.69. The van der Waals surface area contributed by atoms with Crippen molar-refractivity contribution in [1.82, 2.24) is 15.3 Å². The Kier molecular flexibility index (Phi) is 4.50. The molecule has 0 saturated carbocycles. The Morgan fingerprint density at radius 3 is 2.78 bits per heavy atom. The van der Waals surface area contributed by atoms with E-state index in [4.69, 9.17) is 5.26 Å². The van der Waals surface area contributed by atoms with E-state index in [1.807, 2.05) is 53.4 Å². The molecule has 1 aliphatic rings. The van der Waals surface area contributed by atoms with Gasteiger partial charge in [-0.1, -0.05) is 42.5 Å². The van der Waals surface area contributed by atoms with Crippen molar-refractivity contribution in [3.05, 3.63) is 78.0 Å². The van der Waals surface area contributed by atoms with Gasteiger partial charge in [0.25, 0.3) is 0 Å². The second-order valence-electron chi connectivity index (χ2n) is 6.23. The molecule has 2 aromatic carbocycles. The summed E-state index contributed by atoms with van der Waals surface area (Å²) in [6.45, 7) is 1.21. The molecule has 1 unspecified atom stereocenters. The van der Waals surface area contributed by atoms with Crippen LogP contribution in [0.25, 0.3) is 11.4 Å². The molecule has 1 fully saturated rings. The first-order valence-corrected chi connectivity index (χ1v) is 8.69. The number of hydrogen-bond acceptors (Lipinski definition) is 5. The second-order valence-corrected chi connectivity index (χ2v) is 6.23. The molecule has 1 amide bonds. The van der Waals surface area contributed by atoms with Crippen molar-refractivity contribution in [2.75, 3.05) is 18.0 Å². The molecule has 6 nitrogen and oxygen atoms in total. The monoisotopic (exact) mass is 355 g/mol. The van der Waals surface area contributed by atoms with Gasteiger partial charge >= 0.3 is 0 Å². The minimum Gasteiger partial charge on any atom is -0.352 e. The molecule has 132 valence electrons. The van der Waals surface area contributed by atoms with Crippen molar-refractivity contribution in [3.63, 3.8) is 0 Å². The number of nitriles is 1. The Labute approximate surface area is 157 Å². The van der Waals surface area contributed by atoms with Crippen molar-refractivity contribution in [2.24, 2.45) is 0 Å². The quantitative estimate of drug-likeness (QED) is 0.781. The predicted octanol–water partition coefficient (Wildman–Crippen LogP) is 2.69. The van der Waals surface area contributed by atoms with E-state index < -0.39 is 6.04 Å². The van der Waals surface area contributed by atoms with Gasteiger partial charge in [-0.2, -0.15) is 5.26 Å². The van der Waals surface area contributed by atoms with Crippen LogP contribution in [-0.2, 0) is 4.79 Å². The fraction of sp³-hybridized carbons (Fsp3) is 0.143. The molecule has 2 heterocycles. The Bertz CT molecular complexity index is 1010. The molecule has 0 spiro atoms. The molecule has 4 rings (SSSR count). The van der Waals surface area contributed by atoms with Gasteiger partial charge in [-0.05, 0) is 23.8 Å². The highest BCUT2D eigenvalue weighted by Crippen LogP contribution is 2.29. The van der Waals surface area contributed by atoms with Crippen molar-refractivity contribution in [2.45, 2.75) is 6.04 Å². The molecule has 1 saturated heterocycles. The fourth-order valence-electron chi connectivity index (χ4n) is 3.26. The molecule has 0 bridgehead atoms. The largest absolute Gasteiger partial charge is 0.352 e. The van der Waals surface area contributed by atoms with Crippen LogP contribution in [0.2, 0.25) is 0 Å². The number of rotatable bonds is 3. The number of aromatic nitrogens is 2. The molecule has 1 aliphatic heterocycles. The van der Waals surface area contributed by atoms with E-state index in [2.05, 4.69) is 21.4 Å². The molecular formula is C21H17N5O. The van der Waals surface area contributed by atoms with Gasteiger partial charge in [0, 0.05) is 24.8 Å². The highest BCUT2D eigenvalue weighted by atomic mass is 16.2. The summed E-state index contributed by atoms with van der Waals surface area (Å²) in [7, 11) is 0. The first-order chi connectivity index (χ1) is 13.3. The van der Waals surface area contributed by atoms with Gasteiger partial charge in [-0.3, -0.25) is 4.79 Å². The third-order valence-electron chi connectivity index (χ3n) is 4.51. The molecule has 1 N–H and O–H groups in total. The van der Waals surface area contributed by atoms with Crippen LogP contribution in [0.1, 0.15) is 17.2 Å². The van der Waals surface area contributed by atoms with E-state index in [9.17, 15) is 4.79 Å². The van der Waals surface area contributed by atoms with Gasteiger partial charge in [-0.25, -0.2) is 9.97 Å². The lowest BCUT2D eigenvalue weighted by Crippen LogP contribution is -2.50. The average Bonchev–Trinajstić information content (AvgIpc) is 2.74. The maximum atomic E-state index is 12.6. The number of carbonyl (C=O) groups excluding carboxylic acids is 1. The van der Waals surface area contributed by atoms with Crippen molar-refractivity contribution >= 4 is 11.7 Å². The van der Waals surface area contributed by atoms with Gasteiger partial charge in [0.05, 0.1) is 11.6 Å². The normalized spacial score (nSPS) is 16.5. The zero-order valence-corrected chi connectivity index (χ0v) is 14.5. The molecule has 0 aliphatic carbocycles. The maximum absolute atomic E-state index is 12.6. The number of hydrogen-bond donors (Lipinski definition) is 1. The predicted molar refractivity (Wildman–Crippen MR) is 102 cm³/mol. The van der Waals surface area contributed by atoms with Crippen LogP contribution in [-0.4, -0.2) is 29.0 Å². The number of carbonyl (C=O) groups is 1. The van der Waals surface area contributed by atoms with Crippen molar-refractivity contribution < 1.29 is 4.79 Å². The molecule has 27 heavy (non-hydrogen) atoms. The molecular weight excluding hydrogens is 338 g/mol. The van der Waals surface area contributed by atoms with E-state index in [0.717, 1.165) is 11.1 Å². The standard InChI is InChI=1S/C21H17N5O/c22-14-15-5-4-8-17(13-15)20-23-10-9-18(25-20)26-12-11-24-21(27)19(26)16-6-2-1-3-7-16/h1-10,13,19H,11-12H2,(H,24,27). The Morgan fingerprint density at radius 1 is 1.11 bits per heavy atom. The number of benzene rings is 2. The summed E-state index contributed by atoms with van der Waals surface area (Å²) in [5.74, 6) is 1.17. The van der Waals surface area contributed by atoms with Gasteiger partial charge in [-0.15, -0.1) is 0 Å². The Balaban J connectivity index is 1.73. The smallest absolute Gasteiger partial charge is 0.247 e. The van der Waals surface area contributed by atoms with E-state index in [1.54, 1.807) is 18.3 Å². The second kappa shape index (κ2) is 7.26. The zero-order valence-electron chi connectivity index (χ0n) is 14.5. The van der Waals surface area contributed by atoms with Crippen molar-refractivity contribution in [3.8, 4) is 17.5 Å². The lowest BCUT2D eigenvalue weighted by molar-refractivity contribution is -0.123. The minimum atomic E-state index is -0.437. The number of nitrogens with zero attached hydrogens (tertiary/aromatic N) is 4. The lowest BCUT2D eigenvalue weighted by atomic mass is 10.0. The van der Waals surface area contributed by atoms with Gasteiger partial charge in [0.1, 0.15) is 11.9 Å². The summed E-state index contributed by atoms with van der Waals surface area (Å²) < 4.78 is 0. The number of amides is 1. The molecule has 3 aromatic rings. The average molecular weight is 355 g/mol. The van der Waals surface area contributed by atoms with E-state index in [1.165, 1.54) is 0 Å². The SMILES string of the molecule is N#Cc1cccc(-c2nccc(N3CCNC(=O)C3c3ccccc3)n2)c1. The first kappa shape index (κ1) is 16.7. The van der Waals surface area contributed by atoms with Crippen LogP contribution in [0, 0.1) is 11.3 Å². The minimum absolute atomic E-state index is 0.0425. The van der Waals surface area contributed by atoms with Gasteiger partial charge in [0.2, 0.25) is 5.91 Å². The Hall–Kier alpha value is -3.72. The third kappa shape index (κ3) is 3.35. The highest BCUT2D eigenvalue weighted by molar-refractivity contribution is 5.87. The molecule has 6 heteroatoms. The van der Waals surface area contributed by atoms with E-state index in [-0.39, 0.29) is 5.91 Å². The summed E-state index contributed by atoms with van der Waals surface area (Å²) in [6, 6.07) is 20.4. The summed E-state index contributed by atoms with van der Waals surface area (Å²) in [5.41, 5.74) is 2.25. The Morgan fingerprint density at radius 2 is 1.96 bits per heavy atom. The third-order valence-corrected chi connectivity index (χ3v) is 4.51. The van der Waals surface area contributed by atoms with Crippen LogP contribution >= 0.6 is 0 Å². The van der Waals surface area contributed by atoms with Crippen LogP contribution in [0.5, 0.6) is 0 Å². The number of nitrogens with one attached hydrogen (secondary N) is 1. The van der Waals surface area contributed by atoms with Crippen LogP contribution in [0.4, 0.5) is 5.82 Å². The first-order valence-electron chi connectivity index (χ1n) is 8.69. The van der Waals surface area contributed by atoms with E-state index >= 15 is 0 Å². The molecule has 1 atom stereocenters. The lowest BCUT2D eigenvalue weighted by Gasteiger charge is -2.36. The summed E-state index contributed by atoms with van der Waals surface area (Å²) in [5, 5.41) is 12.0. The van der Waals surface area contributed by atoms with Crippen LogP contribution < -0.4 is 10.2 Å². The topological polar surface area (TPSA) is 81.9 Å². The van der Waals surface area contributed by atoms with Gasteiger partial charge in [0.15, 0.2) is 5.82 Å². The summed E-state index contributed by atoms with van der Waals surface area (Å²) in [4.78, 5) is 23.6. The number of anilines is 1. The number of piperazine rings is 1. The molecule has 0 radical (unpaired) electrons. The van der Waals surface area contributed by atoms with Crippen LogP contribution in [0.3, 0.4) is 0 Å². The summed E-state index contributed by atoms with van der Waals surface area (Å²) >= 11 is 0. The van der Waals surface area contributed by atoms with Crippen molar-refractivity contribution in [1.29, 1.82) is 5.26 Å². The van der Waals surface area contributed by atoms with Gasteiger partial charge < -0.3 is 10.2 Å². The van der Waals surface area contributed by atoms with E-state index in [0.29, 0.717) is 30.3 Å². The molecule has 1 aromatic heterocycles. The zero-order chi connectivity index (χ0) is 18.6. The maximum Gasteiger partial charge on any atom is 0.247 e. The van der Waals surface area contributed by atoms with Crippen LogP contribution in [0.15, 0.2) is 66.9 Å².